The van der Waals surface area contributed by atoms with E-state index in [0.717, 1.165) is 0 Å². The molecule has 0 fully saturated rings. The van der Waals surface area contributed by atoms with Crippen LogP contribution in [-0.2, 0) is 4.79 Å². The van der Waals surface area contributed by atoms with Crippen molar-refractivity contribution in [1.82, 2.24) is 5.32 Å². The Morgan fingerprint density at radius 3 is 2.79 bits per heavy atom. The van der Waals surface area contributed by atoms with Crippen molar-refractivity contribution in [2.75, 3.05) is 7.05 Å². The van der Waals surface area contributed by atoms with Crippen LogP contribution in [0.4, 0.5) is 0 Å². The number of amides is 1. The topological polar surface area (TPSA) is 75.3 Å². The highest BCUT2D eigenvalue weighted by molar-refractivity contribution is 5.96. The first kappa shape index (κ1) is 10.5. The Balaban J connectivity index is 3.18. The minimum absolute atomic E-state index is 0.104. The van der Waals surface area contributed by atoms with Crippen molar-refractivity contribution in [2.45, 2.75) is 12.5 Å². The Kier molecular flexibility index (Phi) is 2.76. The van der Waals surface area contributed by atoms with E-state index in [-0.39, 0.29) is 11.3 Å². The van der Waals surface area contributed by atoms with Crippen LogP contribution in [0, 0.1) is 0 Å². The van der Waals surface area contributed by atoms with Gasteiger partial charge in [0, 0.05) is 0 Å². The molecule has 0 aromatic heterocycles. The van der Waals surface area contributed by atoms with Gasteiger partial charge >= 0.3 is 0 Å². The number of primary amides is 1. The molecule has 1 aliphatic carbocycles. The van der Waals surface area contributed by atoms with E-state index in [1.54, 1.807) is 19.2 Å². The van der Waals surface area contributed by atoms with E-state index in [1.807, 2.05) is 13.0 Å². The monoisotopic (exact) mass is 194 g/mol. The number of aliphatic hydroxyl groups is 1. The van der Waals surface area contributed by atoms with Crippen LogP contribution in [0.2, 0.25) is 0 Å². The van der Waals surface area contributed by atoms with E-state index >= 15 is 0 Å². The predicted octanol–water partition coefficient (Wildman–Crippen LogP) is 0.388. The summed E-state index contributed by atoms with van der Waals surface area (Å²) in [6.45, 7) is 1.87. The van der Waals surface area contributed by atoms with Crippen molar-refractivity contribution < 1.29 is 9.90 Å². The molecule has 1 unspecified atom stereocenters. The molecule has 4 N–H and O–H groups in total. The number of carbonyl (C=O) groups excluding carboxylic acids is 1. The standard InChI is InChI=1S/C10H14N2O2/c1-10(12-2)5-3-4-8(13)7(6-10)9(11)14/h3-6,12-13H,1-2H3,(H2,11,14). The van der Waals surface area contributed by atoms with Crippen LogP contribution in [0.1, 0.15) is 6.92 Å². The lowest BCUT2D eigenvalue weighted by Gasteiger charge is -2.21. The first-order valence-electron chi connectivity index (χ1n) is 4.29. The minimum Gasteiger partial charge on any atom is -0.507 e. The van der Waals surface area contributed by atoms with E-state index in [0.29, 0.717) is 0 Å². The fourth-order valence-electron chi connectivity index (χ4n) is 1.20. The molecule has 0 radical (unpaired) electrons. The molecule has 1 amide bonds. The number of nitrogens with one attached hydrogen (secondary N) is 1. The van der Waals surface area contributed by atoms with Gasteiger partial charge in [0.25, 0.3) is 5.91 Å². The van der Waals surface area contributed by atoms with Crippen molar-refractivity contribution in [3.63, 3.8) is 0 Å². The largest absolute Gasteiger partial charge is 0.507 e. The number of aliphatic hydroxyl groups excluding tert-OH is 1. The lowest BCUT2D eigenvalue weighted by molar-refractivity contribution is -0.114. The SMILES string of the molecule is CNC1(C)C=CC=C(O)C(C(N)=O)=C1. The summed E-state index contributed by atoms with van der Waals surface area (Å²) in [7, 11) is 1.77. The molecule has 0 aromatic rings. The van der Waals surface area contributed by atoms with Crippen molar-refractivity contribution in [3.8, 4) is 0 Å². The van der Waals surface area contributed by atoms with Crippen molar-refractivity contribution in [1.29, 1.82) is 0 Å². The zero-order chi connectivity index (χ0) is 10.8. The van der Waals surface area contributed by atoms with Gasteiger partial charge in [-0.1, -0.05) is 12.2 Å². The molecule has 1 atom stereocenters. The van der Waals surface area contributed by atoms with Crippen LogP contribution in [0.3, 0.4) is 0 Å². The molecule has 14 heavy (non-hydrogen) atoms. The van der Waals surface area contributed by atoms with Crippen molar-refractivity contribution >= 4 is 5.91 Å². The first-order chi connectivity index (χ1) is 6.48. The van der Waals surface area contributed by atoms with Gasteiger partial charge in [-0.05, 0) is 26.1 Å². The Hall–Kier alpha value is -1.55. The number of carbonyl (C=O) groups is 1. The normalized spacial score (nSPS) is 26.4. The third-order valence-electron chi connectivity index (χ3n) is 2.22. The molecule has 0 bridgehead atoms. The average Bonchev–Trinajstić information content (AvgIpc) is 2.27. The molecule has 0 aromatic carbocycles. The minimum atomic E-state index is -0.635. The molecule has 0 spiro atoms. The van der Waals surface area contributed by atoms with Crippen LogP contribution >= 0.6 is 0 Å². The van der Waals surface area contributed by atoms with Gasteiger partial charge in [0.1, 0.15) is 5.76 Å². The first-order valence-corrected chi connectivity index (χ1v) is 4.29. The Morgan fingerprint density at radius 2 is 2.29 bits per heavy atom. The van der Waals surface area contributed by atoms with Gasteiger partial charge in [-0.3, -0.25) is 4.79 Å². The average molecular weight is 194 g/mol. The number of allylic oxidation sites excluding steroid dienone is 2. The van der Waals surface area contributed by atoms with Crippen LogP contribution in [0.25, 0.3) is 0 Å². The zero-order valence-electron chi connectivity index (χ0n) is 8.24. The molecule has 76 valence electrons. The van der Waals surface area contributed by atoms with E-state index in [2.05, 4.69) is 5.32 Å². The molecule has 0 saturated heterocycles. The highest BCUT2D eigenvalue weighted by atomic mass is 16.3. The number of hydrogen-bond acceptors (Lipinski definition) is 3. The lowest BCUT2D eigenvalue weighted by Crippen LogP contribution is -2.36. The third-order valence-corrected chi connectivity index (χ3v) is 2.22. The van der Waals surface area contributed by atoms with E-state index in [1.165, 1.54) is 6.08 Å². The molecular formula is C10H14N2O2. The highest BCUT2D eigenvalue weighted by Gasteiger charge is 2.21. The summed E-state index contributed by atoms with van der Waals surface area (Å²) < 4.78 is 0. The van der Waals surface area contributed by atoms with E-state index < -0.39 is 11.4 Å². The molecular weight excluding hydrogens is 180 g/mol. The van der Waals surface area contributed by atoms with E-state index in [9.17, 15) is 9.90 Å². The van der Waals surface area contributed by atoms with Gasteiger partial charge in [-0.15, -0.1) is 0 Å². The fourth-order valence-corrected chi connectivity index (χ4v) is 1.20. The molecule has 0 saturated carbocycles. The highest BCUT2D eigenvalue weighted by Crippen LogP contribution is 2.18. The number of likely N-dealkylation sites (N-methyl/N-ethyl adjacent to an activating group) is 1. The summed E-state index contributed by atoms with van der Waals surface area (Å²) in [6, 6.07) is 0. The molecule has 1 rings (SSSR count). The maximum Gasteiger partial charge on any atom is 0.252 e. The smallest absolute Gasteiger partial charge is 0.252 e. The van der Waals surface area contributed by atoms with E-state index in [4.69, 9.17) is 5.73 Å². The van der Waals surface area contributed by atoms with Gasteiger partial charge in [-0.2, -0.15) is 0 Å². The van der Waals surface area contributed by atoms with Gasteiger partial charge in [-0.25, -0.2) is 0 Å². The predicted molar refractivity (Wildman–Crippen MR) is 54.6 cm³/mol. The molecule has 0 aliphatic heterocycles. The maximum absolute atomic E-state index is 11.0. The van der Waals surface area contributed by atoms with Crippen LogP contribution in [-0.4, -0.2) is 23.6 Å². The molecule has 0 heterocycles. The van der Waals surface area contributed by atoms with Gasteiger partial charge < -0.3 is 16.2 Å². The van der Waals surface area contributed by atoms with Crippen LogP contribution in [0.15, 0.2) is 35.6 Å². The molecule has 4 nitrogen and oxygen atoms in total. The summed E-state index contributed by atoms with van der Waals surface area (Å²) in [5, 5.41) is 12.5. The summed E-state index contributed by atoms with van der Waals surface area (Å²) >= 11 is 0. The summed E-state index contributed by atoms with van der Waals surface area (Å²) in [4.78, 5) is 11.0. The fraction of sp³-hybridized carbons (Fsp3) is 0.300. The molecule has 1 aliphatic rings. The van der Waals surface area contributed by atoms with Gasteiger partial charge in [0.15, 0.2) is 0 Å². The van der Waals surface area contributed by atoms with Crippen molar-refractivity contribution in [2.24, 2.45) is 5.73 Å². The Labute approximate surface area is 82.8 Å². The van der Waals surface area contributed by atoms with Gasteiger partial charge in [0.05, 0.1) is 11.1 Å². The number of nitrogens with two attached hydrogens (primary N) is 1. The van der Waals surface area contributed by atoms with Gasteiger partial charge in [0.2, 0.25) is 0 Å². The molecule has 4 heteroatoms. The third kappa shape index (κ3) is 2.03. The summed E-state index contributed by atoms with van der Waals surface area (Å²) in [5.41, 5.74) is 4.80. The quantitative estimate of drug-likeness (QED) is 0.595. The Bertz CT molecular complexity index is 342. The summed E-state index contributed by atoms with van der Waals surface area (Å²) in [6.07, 6.45) is 6.56. The zero-order valence-corrected chi connectivity index (χ0v) is 8.24. The maximum atomic E-state index is 11.0. The van der Waals surface area contributed by atoms with Crippen molar-refractivity contribution in [3.05, 3.63) is 35.6 Å². The second kappa shape index (κ2) is 3.67. The Morgan fingerprint density at radius 1 is 1.64 bits per heavy atom. The summed E-state index contributed by atoms with van der Waals surface area (Å²) in [5.74, 6) is -0.739. The second-order valence-electron chi connectivity index (χ2n) is 3.37. The lowest BCUT2D eigenvalue weighted by atomic mass is 9.99. The van der Waals surface area contributed by atoms with Crippen LogP contribution < -0.4 is 11.1 Å². The number of rotatable bonds is 2. The van der Waals surface area contributed by atoms with Crippen LogP contribution in [0.5, 0.6) is 0 Å². The second-order valence-corrected chi connectivity index (χ2v) is 3.37. The number of hydrogen-bond donors (Lipinski definition) is 3.